The third kappa shape index (κ3) is 5.67. The highest BCUT2D eigenvalue weighted by molar-refractivity contribution is 7.13. The van der Waals surface area contributed by atoms with Crippen LogP contribution in [0.15, 0.2) is 23.6 Å². The lowest BCUT2D eigenvalue weighted by Crippen LogP contribution is -2.35. The topological polar surface area (TPSA) is 72.9 Å². The summed E-state index contributed by atoms with van der Waals surface area (Å²) in [7, 11) is 1.57. The predicted octanol–water partition coefficient (Wildman–Crippen LogP) is 3.42. The average Bonchev–Trinajstić information content (AvgIpc) is 3.15. The highest BCUT2D eigenvalue weighted by Crippen LogP contribution is 2.29. The SMILES string of the molecule is CCCCOc1ccc(C(=O)Nc2nc(CN3CCOCC3)cs2)cc1OC. The molecule has 1 N–H and O–H groups in total. The molecule has 0 saturated carbocycles. The first-order valence-electron chi connectivity index (χ1n) is 9.56. The molecule has 1 amide bonds. The lowest BCUT2D eigenvalue weighted by molar-refractivity contribution is 0.0337. The second kappa shape index (κ2) is 10.4. The van der Waals surface area contributed by atoms with E-state index < -0.39 is 0 Å². The highest BCUT2D eigenvalue weighted by atomic mass is 32.1. The van der Waals surface area contributed by atoms with E-state index in [1.807, 2.05) is 5.38 Å². The number of hydrogen-bond acceptors (Lipinski definition) is 7. The van der Waals surface area contributed by atoms with E-state index in [0.717, 1.165) is 51.4 Å². The smallest absolute Gasteiger partial charge is 0.257 e. The van der Waals surface area contributed by atoms with Crippen LogP contribution in [0, 0.1) is 0 Å². The number of nitrogens with zero attached hydrogens (tertiary/aromatic N) is 2. The van der Waals surface area contributed by atoms with Crippen molar-refractivity contribution in [3.05, 3.63) is 34.8 Å². The van der Waals surface area contributed by atoms with Crippen molar-refractivity contribution < 1.29 is 19.0 Å². The minimum absolute atomic E-state index is 0.217. The molecule has 2 heterocycles. The standard InChI is InChI=1S/C20H27N3O4S/c1-3-4-9-27-17-6-5-15(12-18(17)25-2)19(24)22-20-21-16(14-28-20)13-23-7-10-26-11-8-23/h5-6,12,14H,3-4,7-11,13H2,1-2H3,(H,21,22,24). The Morgan fingerprint density at radius 1 is 1.32 bits per heavy atom. The summed E-state index contributed by atoms with van der Waals surface area (Å²) in [5, 5.41) is 5.44. The first-order valence-corrected chi connectivity index (χ1v) is 10.4. The molecule has 1 aromatic heterocycles. The number of unbranched alkanes of at least 4 members (excludes halogenated alkanes) is 1. The van der Waals surface area contributed by atoms with Gasteiger partial charge >= 0.3 is 0 Å². The number of morpholine rings is 1. The van der Waals surface area contributed by atoms with Gasteiger partial charge in [-0.3, -0.25) is 15.0 Å². The summed E-state index contributed by atoms with van der Waals surface area (Å²) in [4.78, 5) is 19.4. The van der Waals surface area contributed by atoms with Crippen LogP contribution in [-0.2, 0) is 11.3 Å². The number of ether oxygens (including phenoxy) is 3. The number of benzene rings is 1. The molecule has 3 rings (SSSR count). The van der Waals surface area contributed by atoms with Crippen LogP contribution in [0.5, 0.6) is 11.5 Å². The molecular weight excluding hydrogens is 378 g/mol. The zero-order valence-corrected chi connectivity index (χ0v) is 17.2. The number of amides is 1. The van der Waals surface area contributed by atoms with Gasteiger partial charge in [-0.15, -0.1) is 11.3 Å². The average molecular weight is 406 g/mol. The van der Waals surface area contributed by atoms with Gasteiger partial charge in [-0.2, -0.15) is 0 Å². The van der Waals surface area contributed by atoms with Gasteiger partial charge in [-0.1, -0.05) is 13.3 Å². The maximum Gasteiger partial charge on any atom is 0.257 e. The molecule has 0 unspecified atom stereocenters. The number of anilines is 1. The van der Waals surface area contributed by atoms with Crippen molar-refractivity contribution in [1.29, 1.82) is 0 Å². The Hall–Kier alpha value is -2.16. The summed E-state index contributed by atoms with van der Waals surface area (Å²) in [5.41, 5.74) is 1.46. The van der Waals surface area contributed by atoms with E-state index in [-0.39, 0.29) is 5.91 Å². The monoisotopic (exact) mass is 405 g/mol. The number of hydrogen-bond donors (Lipinski definition) is 1. The fourth-order valence-corrected chi connectivity index (χ4v) is 3.55. The Bertz CT molecular complexity index is 775. The quantitative estimate of drug-likeness (QED) is 0.645. The Kier molecular flexibility index (Phi) is 7.64. The molecule has 0 radical (unpaired) electrons. The Labute approximate surface area is 169 Å². The van der Waals surface area contributed by atoms with Crippen molar-refractivity contribution in [3.63, 3.8) is 0 Å². The van der Waals surface area contributed by atoms with Crippen LogP contribution in [0.1, 0.15) is 35.8 Å². The molecule has 28 heavy (non-hydrogen) atoms. The molecule has 8 heteroatoms. The van der Waals surface area contributed by atoms with E-state index in [2.05, 4.69) is 22.1 Å². The first kappa shape index (κ1) is 20.6. The number of carbonyl (C=O) groups excluding carboxylic acids is 1. The summed E-state index contributed by atoms with van der Waals surface area (Å²) in [5.74, 6) is 0.983. The highest BCUT2D eigenvalue weighted by Gasteiger charge is 2.15. The molecule has 1 fully saturated rings. The van der Waals surface area contributed by atoms with Crippen LogP contribution in [0.25, 0.3) is 0 Å². The summed E-state index contributed by atoms with van der Waals surface area (Å²) in [6, 6.07) is 5.20. The lowest BCUT2D eigenvalue weighted by Gasteiger charge is -2.25. The van der Waals surface area contributed by atoms with Crippen LogP contribution in [-0.4, -0.2) is 55.8 Å². The molecule has 1 aliphatic rings. The third-order valence-electron chi connectivity index (χ3n) is 4.44. The first-order chi connectivity index (χ1) is 13.7. The molecule has 7 nitrogen and oxygen atoms in total. The number of thiazole rings is 1. The molecule has 1 aliphatic heterocycles. The third-order valence-corrected chi connectivity index (χ3v) is 5.25. The van der Waals surface area contributed by atoms with Crippen LogP contribution >= 0.6 is 11.3 Å². The fraction of sp³-hybridized carbons (Fsp3) is 0.500. The van der Waals surface area contributed by atoms with Gasteiger partial charge in [-0.05, 0) is 24.6 Å². The molecule has 2 aromatic rings. The van der Waals surface area contributed by atoms with Crippen molar-refractivity contribution in [1.82, 2.24) is 9.88 Å². The second-order valence-electron chi connectivity index (χ2n) is 6.55. The lowest BCUT2D eigenvalue weighted by atomic mass is 10.2. The molecule has 152 valence electrons. The van der Waals surface area contributed by atoms with Crippen molar-refractivity contribution in [2.75, 3.05) is 45.3 Å². The van der Waals surface area contributed by atoms with E-state index >= 15 is 0 Å². The normalized spacial score (nSPS) is 14.6. The number of nitrogens with one attached hydrogen (secondary N) is 1. The number of aromatic nitrogens is 1. The van der Waals surface area contributed by atoms with E-state index in [1.165, 1.54) is 11.3 Å². The van der Waals surface area contributed by atoms with Crippen molar-refractivity contribution in [3.8, 4) is 11.5 Å². The fourth-order valence-electron chi connectivity index (χ4n) is 2.85. The number of rotatable bonds is 9. The van der Waals surface area contributed by atoms with Gasteiger partial charge in [0.1, 0.15) is 0 Å². The minimum Gasteiger partial charge on any atom is -0.493 e. The van der Waals surface area contributed by atoms with Crippen molar-refractivity contribution in [2.45, 2.75) is 26.3 Å². The molecule has 0 atom stereocenters. The van der Waals surface area contributed by atoms with E-state index in [1.54, 1.807) is 25.3 Å². The summed E-state index contributed by atoms with van der Waals surface area (Å²) in [6.07, 6.45) is 2.03. The van der Waals surface area contributed by atoms with Gasteiger partial charge < -0.3 is 14.2 Å². The Morgan fingerprint density at radius 2 is 2.14 bits per heavy atom. The van der Waals surface area contributed by atoms with Gasteiger partial charge in [0, 0.05) is 30.6 Å². The maximum atomic E-state index is 12.6. The summed E-state index contributed by atoms with van der Waals surface area (Å²) >= 11 is 1.43. The van der Waals surface area contributed by atoms with E-state index in [9.17, 15) is 4.79 Å². The van der Waals surface area contributed by atoms with Gasteiger partial charge in [0.2, 0.25) is 0 Å². The Morgan fingerprint density at radius 3 is 2.89 bits per heavy atom. The maximum absolute atomic E-state index is 12.6. The predicted molar refractivity (Wildman–Crippen MR) is 110 cm³/mol. The van der Waals surface area contributed by atoms with Crippen LogP contribution in [0.2, 0.25) is 0 Å². The molecule has 0 spiro atoms. The van der Waals surface area contributed by atoms with Gasteiger partial charge in [0.05, 0.1) is 32.6 Å². The molecule has 1 saturated heterocycles. The van der Waals surface area contributed by atoms with Crippen LogP contribution < -0.4 is 14.8 Å². The van der Waals surface area contributed by atoms with Gasteiger partial charge in [0.15, 0.2) is 16.6 Å². The molecule has 0 aliphatic carbocycles. The Balaban J connectivity index is 1.59. The summed E-state index contributed by atoms with van der Waals surface area (Å²) < 4.78 is 16.5. The van der Waals surface area contributed by atoms with E-state index in [0.29, 0.717) is 28.8 Å². The summed E-state index contributed by atoms with van der Waals surface area (Å²) in [6.45, 7) is 6.84. The number of methoxy groups -OCH3 is 1. The van der Waals surface area contributed by atoms with Gasteiger partial charge in [0.25, 0.3) is 5.91 Å². The second-order valence-corrected chi connectivity index (χ2v) is 7.41. The molecule has 0 bridgehead atoms. The molecule has 1 aromatic carbocycles. The minimum atomic E-state index is -0.217. The zero-order chi connectivity index (χ0) is 19.8. The zero-order valence-electron chi connectivity index (χ0n) is 16.4. The van der Waals surface area contributed by atoms with Crippen LogP contribution in [0.3, 0.4) is 0 Å². The largest absolute Gasteiger partial charge is 0.493 e. The molecular formula is C20H27N3O4S. The van der Waals surface area contributed by atoms with Gasteiger partial charge in [-0.25, -0.2) is 4.98 Å². The van der Waals surface area contributed by atoms with Crippen LogP contribution in [0.4, 0.5) is 5.13 Å². The number of carbonyl (C=O) groups is 1. The van der Waals surface area contributed by atoms with Crippen molar-refractivity contribution in [2.24, 2.45) is 0 Å². The van der Waals surface area contributed by atoms with Crippen molar-refractivity contribution >= 4 is 22.4 Å². The van der Waals surface area contributed by atoms with E-state index in [4.69, 9.17) is 14.2 Å².